The van der Waals surface area contributed by atoms with Gasteiger partial charge in [-0.2, -0.15) is 0 Å². The van der Waals surface area contributed by atoms with Gasteiger partial charge in [0.15, 0.2) is 0 Å². The first-order valence-electron chi connectivity index (χ1n) is 26.7. The van der Waals surface area contributed by atoms with Gasteiger partial charge < -0.3 is 9.84 Å². The van der Waals surface area contributed by atoms with Crippen molar-refractivity contribution in [3.63, 3.8) is 0 Å². The molecule has 0 aromatic carbocycles. The van der Waals surface area contributed by atoms with Crippen molar-refractivity contribution >= 4 is 5.97 Å². The summed E-state index contributed by atoms with van der Waals surface area (Å²) in [7, 11) is 0. The van der Waals surface area contributed by atoms with E-state index in [0.29, 0.717) is 19.6 Å². The van der Waals surface area contributed by atoms with E-state index in [1.165, 1.54) is 283 Å². The highest BCUT2D eigenvalue weighted by Crippen LogP contribution is 2.17. The Morgan fingerprint density at radius 2 is 0.579 bits per heavy atom. The van der Waals surface area contributed by atoms with Crippen molar-refractivity contribution in [1.82, 2.24) is 0 Å². The number of allylic oxidation sites excluding steroid dienone is 2. The van der Waals surface area contributed by atoms with Crippen molar-refractivity contribution in [2.75, 3.05) is 13.2 Å². The van der Waals surface area contributed by atoms with Crippen molar-refractivity contribution in [1.29, 1.82) is 0 Å². The second kappa shape index (κ2) is 53.2. The summed E-state index contributed by atoms with van der Waals surface area (Å²) in [5.41, 5.74) is 0. The molecule has 0 atom stereocenters. The number of aliphatic hydroxyl groups is 1. The number of hydrogen-bond donors (Lipinski definition) is 1. The molecule has 0 rings (SSSR count). The average Bonchev–Trinajstić information content (AvgIpc) is 3.22. The smallest absolute Gasteiger partial charge is 0.305 e. The van der Waals surface area contributed by atoms with E-state index in [-0.39, 0.29) is 5.97 Å². The molecule has 0 aromatic heterocycles. The Balaban J connectivity index is 3.15. The van der Waals surface area contributed by atoms with Crippen LogP contribution < -0.4 is 0 Å². The van der Waals surface area contributed by atoms with Crippen molar-refractivity contribution < 1.29 is 14.6 Å². The summed E-state index contributed by atoms with van der Waals surface area (Å²) in [4.78, 5) is 12.0. The fraction of sp³-hybridized carbons (Fsp3) is 0.944. The lowest BCUT2D eigenvalue weighted by Gasteiger charge is -2.06. The predicted molar refractivity (Wildman–Crippen MR) is 254 cm³/mol. The number of unbranched alkanes of at least 4 members (excludes halogenated alkanes) is 44. The van der Waals surface area contributed by atoms with Gasteiger partial charge in [0.25, 0.3) is 0 Å². The summed E-state index contributed by atoms with van der Waals surface area (Å²) in [6.07, 6.45) is 69.5. The van der Waals surface area contributed by atoms with Crippen LogP contribution in [-0.4, -0.2) is 24.3 Å². The normalized spacial score (nSPS) is 11.7. The molecule has 0 aliphatic rings. The fourth-order valence-electron chi connectivity index (χ4n) is 8.47. The third-order valence-electron chi connectivity index (χ3n) is 12.5. The van der Waals surface area contributed by atoms with E-state index in [9.17, 15) is 4.79 Å². The van der Waals surface area contributed by atoms with E-state index < -0.39 is 0 Å². The summed E-state index contributed by atoms with van der Waals surface area (Å²) >= 11 is 0. The summed E-state index contributed by atoms with van der Waals surface area (Å²) < 4.78 is 5.49. The number of ether oxygens (including phenoxy) is 1. The van der Waals surface area contributed by atoms with E-state index in [1.807, 2.05) is 0 Å². The van der Waals surface area contributed by atoms with Crippen LogP contribution in [0.15, 0.2) is 12.2 Å². The third-order valence-corrected chi connectivity index (χ3v) is 12.5. The van der Waals surface area contributed by atoms with Crippen molar-refractivity contribution in [2.45, 2.75) is 315 Å². The second-order valence-electron chi connectivity index (χ2n) is 18.3. The van der Waals surface area contributed by atoms with Crippen LogP contribution in [0, 0.1) is 0 Å². The molecule has 0 amide bonds. The maximum Gasteiger partial charge on any atom is 0.305 e. The Hall–Kier alpha value is -0.830. The zero-order valence-electron chi connectivity index (χ0n) is 39.3. The molecule has 0 bridgehead atoms. The monoisotopic (exact) mass is 803 g/mol. The Kier molecular flexibility index (Phi) is 52.4. The van der Waals surface area contributed by atoms with E-state index in [0.717, 1.165) is 19.3 Å². The van der Waals surface area contributed by atoms with Gasteiger partial charge in [-0.05, 0) is 44.9 Å². The fourth-order valence-corrected chi connectivity index (χ4v) is 8.47. The Labute approximate surface area is 359 Å². The van der Waals surface area contributed by atoms with Crippen LogP contribution in [0.25, 0.3) is 0 Å². The van der Waals surface area contributed by atoms with Gasteiger partial charge in [0.1, 0.15) is 0 Å². The molecule has 1 N–H and O–H groups in total. The van der Waals surface area contributed by atoms with Crippen LogP contribution in [-0.2, 0) is 9.53 Å². The average molecular weight is 803 g/mol. The first-order chi connectivity index (χ1) is 28.3. The summed E-state index contributed by atoms with van der Waals surface area (Å²) in [5, 5.41) is 8.82. The molecule has 3 heteroatoms. The van der Waals surface area contributed by atoms with Crippen molar-refractivity contribution in [2.24, 2.45) is 0 Å². The maximum absolute atomic E-state index is 12.0. The van der Waals surface area contributed by atoms with Crippen LogP contribution in [0.4, 0.5) is 0 Å². The first-order valence-corrected chi connectivity index (χ1v) is 26.7. The Morgan fingerprint density at radius 1 is 0.333 bits per heavy atom. The lowest BCUT2D eigenvalue weighted by Crippen LogP contribution is -2.05. The minimum atomic E-state index is 0.0236. The van der Waals surface area contributed by atoms with Crippen LogP contribution in [0.2, 0.25) is 0 Å². The van der Waals surface area contributed by atoms with Gasteiger partial charge in [0.05, 0.1) is 6.61 Å². The van der Waals surface area contributed by atoms with Crippen LogP contribution in [0.1, 0.15) is 315 Å². The highest BCUT2D eigenvalue weighted by molar-refractivity contribution is 5.69. The summed E-state index contributed by atoms with van der Waals surface area (Å²) in [5.74, 6) is 0.0236. The molecule has 0 radical (unpaired) electrons. The van der Waals surface area contributed by atoms with Crippen LogP contribution in [0.3, 0.4) is 0 Å². The van der Waals surface area contributed by atoms with E-state index in [2.05, 4.69) is 19.1 Å². The van der Waals surface area contributed by atoms with Gasteiger partial charge in [-0.15, -0.1) is 0 Å². The number of rotatable bonds is 51. The molecular formula is C54H106O3. The molecule has 0 saturated carbocycles. The highest BCUT2D eigenvalue weighted by atomic mass is 16.5. The number of carbonyl (C=O) groups is 1. The lowest BCUT2D eigenvalue weighted by molar-refractivity contribution is -0.143. The Morgan fingerprint density at radius 3 is 0.877 bits per heavy atom. The minimum absolute atomic E-state index is 0.0236. The molecule has 0 aliphatic heterocycles. The molecule has 0 heterocycles. The van der Waals surface area contributed by atoms with Crippen LogP contribution >= 0.6 is 0 Å². The van der Waals surface area contributed by atoms with Crippen LogP contribution in [0.5, 0.6) is 0 Å². The van der Waals surface area contributed by atoms with Gasteiger partial charge in [-0.3, -0.25) is 4.79 Å². The molecule has 0 unspecified atom stereocenters. The minimum Gasteiger partial charge on any atom is -0.466 e. The van der Waals surface area contributed by atoms with Gasteiger partial charge in [0, 0.05) is 13.0 Å². The molecule has 57 heavy (non-hydrogen) atoms. The topological polar surface area (TPSA) is 46.5 Å². The molecule has 0 spiro atoms. The lowest BCUT2D eigenvalue weighted by atomic mass is 10.0. The molecule has 3 nitrogen and oxygen atoms in total. The largest absolute Gasteiger partial charge is 0.466 e. The maximum atomic E-state index is 12.0. The molecule has 0 saturated heterocycles. The molecule has 0 fully saturated rings. The summed E-state index contributed by atoms with van der Waals surface area (Å²) in [6, 6.07) is 0. The van der Waals surface area contributed by atoms with Crippen molar-refractivity contribution in [3.8, 4) is 0 Å². The predicted octanol–water partition coefficient (Wildman–Crippen LogP) is 18.8. The molecular weight excluding hydrogens is 697 g/mol. The van der Waals surface area contributed by atoms with Crippen molar-refractivity contribution in [3.05, 3.63) is 12.2 Å². The second-order valence-corrected chi connectivity index (χ2v) is 18.3. The number of hydrogen-bond acceptors (Lipinski definition) is 3. The quantitative estimate of drug-likeness (QED) is 0.0379. The van der Waals surface area contributed by atoms with Gasteiger partial charge in [0.2, 0.25) is 0 Å². The SMILES string of the molecule is CCCCCCCCC=CCCCCCCCCCC(=O)OCCCCCCCCCCCCCCCCCCCCCCCCCCCCCCCCCCO. The molecule has 340 valence electrons. The van der Waals surface area contributed by atoms with Gasteiger partial charge in [-0.25, -0.2) is 0 Å². The number of aliphatic hydroxyl groups excluding tert-OH is 1. The summed E-state index contributed by atoms with van der Waals surface area (Å²) in [6.45, 7) is 3.28. The Bertz CT molecular complexity index is 747. The highest BCUT2D eigenvalue weighted by Gasteiger charge is 2.03. The standard InChI is InChI=1S/C54H106O3/c1-2-3-4-5-6-7-8-9-10-27-30-33-36-39-42-45-48-51-54(56)57-53-50-47-44-41-38-35-32-29-26-24-22-20-18-16-14-12-11-13-15-17-19-21-23-25-28-31-34-37-40-43-46-49-52-55/h9-10,55H,2-8,11-53H2,1H3. The van der Waals surface area contributed by atoms with E-state index in [4.69, 9.17) is 9.84 Å². The van der Waals surface area contributed by atoms with Gasteiger partial charge in [-0.1, -0.05) is 276 Å². The number of carbonyl (C=O) groups excluding carboxylic acids is 1. The first kappa shape index (κ1) is 56.2. The molecule has 0 aromatic rings. The zero-order chi connectivity index (χ0) is 41.1. The number of esters is 1. The zero-order valence-corrected chi connectivity index (χ0v) is 39.3. The van der Waals surface area contributed by atoms with E-state index in [1.54, 1.807) is 0 Å². The van der Waals surface area contributed by atoms with Gasteiger partial charge >= 0.3 is 5.97 Å². The third kappa shape index (κ3) is 53.2. The van der Waals surface area contributed by atoms with E-state index >= 15 is 0 Å². The molecule has 0 aliphatic carbocycles.